The second kappa shape index (κ2) is 6.20. The molecular weight excluding hydrogens is 389 g/mol. The van der Waals surface area contributed by atoms with Crippen molar-refractivity contribution in [3.05, 3.63) is 70.4 Å². The molecule has 0 radical (unpaired) electrons. The summed E-state index contributed by atoms with van der Waals surface area (Å²) in [7, 11) is -4.07. The molecule has 0 aliphatic heterocycles. The third-order valence-corrected chi connectivity index (χ3v) is 5.61. The standard InChI is InChI=1S/C18H12FN3O5S/c19-9-2-1-3-11(6-9)28(26,27)22-10-4-5-14-12(7-10)15-13(18(24)25)8-20-16(15)17(23)21-14/h1-8,20,22H,(H,21,23)(H,24,25). The van der Waals surface area contributed by atoms with Crippen LogP contribution < -0.4 is 10.3 Å². The summed E-state index contributed by atoms with van der Waals surface area (Å²) in [6, 6.07) is 8.81. The van der Waals surface area contributed by atoms with Crippen LogP contribution in [0.3, 0.4) is 0 Å². The van der Waals surface area contributed by atoms with Crippen LogP contribution in [0.25, 0.3) is 21.8 Å². The molecular formula is C18H12FN3O5S. The van der Waals surface area contributed by atoms with Gasteiger partial charge < -0.3 is 15.1 Å². The fraction of sp³-hybridized carbons (Fsp3) is 0. The van der Waals surface area contributed by atoms with E-state index < -0.39 is 27.4 Å². The van der Waals surface area contributed by atoms with Crippen LogP contribution in [0.4, 0.5) is 10.1 Å². The van der Waals surface area contributed by atoms with Crippen LogP contribution in [0.15, 0.2) is 58.4 Å². The number of anilines is 1. The van der Waals surface area contributed by atoms with Crippen molar-refractivity contribution in [2.24, 2.45) is 0 Å². The maximum atomic E-state index is 13.4. The summed E-state index contributed by atoms with van der Waals surface area (Å²) in [4.78, 5) is 28.6. The van der Waals surface area contributed by atoms with E-state index in [0.29, 0.717) is 10.9 Å². The molecule has 2 heterocycles. The average Bonchev–Trinajstić information content (AvgIpc) is 3.08. The molecule has 0 saturated heterocycles. The number of fused-ring (bicyclic) bond motifs is 3. The van der Waals surface area contributed by atoms with Gasteiger partial charge in [-0.3, -0.25) is 9.52 Å². The van der Waals surface area contributed by atoms with Gasteiger partial charge in [-0.05, 0) is 36.4 Å². The van der Waals surface area contributed by atoms with Gasteiger partial charge in [0.25, 0.3) is 15.6 Å². The van der Waals surface area contributed by atoms with Gasteiger partial charge >= 0.3 is 5.97 Å². The third kappa shape index (κ3) is 2.89. The molecule has 4 aromatic rings. The topological polar surface area (TPSA) is 132 Å². The van der Waals surface area contributed by atoms with Crippen molar-refractivity contribution in [1.29, 1.82) is 0 Å². The van der Waals surface area contributed by atoms with Crippen molar-refractivity contribution in [3.8, 4) is 0 Å². The lowest BCUT2D eigenvalue weighted by molar-refractivity contribution is 0.0699. The molecule has 0 aliphatic rings. The van der Waals surface area contributed by atoms with Gasteiger partial charge in [0.15, 0.2) is 0 Å². The predicted molar refractivity (Wildman–Crippen MR) is 101 cm³/mol. The van der Waals surface area contributed by atoms with Crippen LogP contribution in [0, 0.1) is 5.82 Å². The van der Waals surface area contributed by atoms with Gasteiger partial charge in [0.2, 0.25) is 0 Å². The minimum Gasteiger partial charge on any atom is -0.478 e. The van der Waals surface area contributed by atoms with E-state index in [-0.39, 0.29) is 27.0 Å². The molecule has 28 heavy (non-hydrogen) atoms. The first-order chi connectivity index (χ1) is 13.3. The number of carboxylic acids is 1. The molecule has 8 nitrogen and oxygen atoms in total. The molecule has 4 N–H and O–H groups in total. The SMILES string of the molecule is O=C(O)c1c[nH]c2c(=O)[nH]c3ccc(NS(=O)(=O)c4cccc(F)c4)cc3c12. The number of aromatic nitrogens is 2. The number of carboxylic acid groups (broad SMARTS) is 1. The Morgan fingerprint density at radius 2 is 1.93 bits per heavy atom. The van der Waals surface area contributed by atoms with E-state index in [1.165, 1.54) is 36.5 Å². The number of nitrogens with one attached hydrogen (secondary N) is 3. The summed E-state index contributed by atoms with van der Waals surface area (Å²) in [6.07, 6.45) is 1.20. The summed E-state index contributed by atoms with van der Waals surface area (Å²) in [5.41, 5.74) is -0.0784. The number of halogens is 1. The van der Waals surface area contributed by atoms with Crippen LogP contribution in [-0.4, -0.2) is 29.5 Å². The van der Waals surface area contributed by atoms with Crippen molar-refractivity contribution >= 4 is 43.5 Å². The monoisotopic (exact) mass is 401 g/mol. The van der Waals surface area contributed by atoms with Gasteiger partial charge in [-0.2, -0.15) is 0 Å². The normalized spacial score (nSPS) is 11.8. The number of sulfonamides is 1. The zero-order valence-corrected chi connectivity index (χ0v) is 14.8. The van der Waals surface area contributed by atoms with Crippen LogP contribution in [0.1, 0.15) is 10.4 Å². The Balaban J connectivity index is 1.89. The number of hydrogen-bond acceptors (Lipinski definition) is 4. The lowest BCUT2D eigenvalue weighted by Crippen LogP contribution is -2.13. The molecule has 0 atom stereocenters. The highest BCUT2D eigenvalue weighted by Gasteiger charge is 2.18. The summed E-state index contributed by atoms with van der Waals surface area (Å²) in [5, 5.41) is 9.88. The number of pyridine rings is 1. The number of benzene rings is 2. The van der Waals surface area contributed by atoms with Gasteiger partial charge in [0, 0.05) is 28.2 Å². The second-order valence-electron chi connectivity index (χ2n) is 6.03. The van der Waals surface area contributed by atoms with Crippen molar-refractivity contribution < 1.29 is 22.7 Å². The smallest absolute Gasteiger partial charge is 0.337 e. The Bertz CT molecular complexity index is 1420. The van der Waals surface area contributed by atoms with Crippen molar-refractivity contribution in [2.75, 3.05) is 4.72 Å². The average molecular weight is 401 g/mol. The number of aromatic carboxylic acids is 1. The number of H-pyrrole nitrogens is 2. The van der Waals surface area contributed by atoms with E-state index in [9.17, 15) is 27.5 Å². The van der Waals surface area contributed by atoms with E-state index in [1.54, 1.807) is 0 Å². The molecule has 0 bridgehead atoms. The number of rotatable bonds is 4. The van der Waals surface area contributed by atoms with Gasteiger partial charge in [-0.1, -0.05) is 6.07 Å². The Morgan fingerprint density at radius 3 is 2.64 bits per heavy atom. The Morgan fingerprint density at radius 1 is 1.14 bits per heavy atom. The summed E-state index contributed by atoms with van der Waals surface area (Å²) in [5.74, 6) is -1.93. The van der Waals surface area contributed by atoms with E-state index >= 15 is 0 Å². The number of hydrogen-bond donors (Lipinski definition) is 4. The molecule has 0 unspecified atom stereocenters. The maximum absolute atomic E-state index is 13.4. The minimum atomic E-state index is -4.07. The largest absolute Gasteiger partial charge is 0.478 e. The van der Waals surface area contributed by atoms with Crippen LogP contribution in [0.2, 0.25) is 0 Å². The summed E-state index contributed by atoms with van der Waals surface area (Å²) in [6.45, 7) is 0. The van der Waals surface area contributed by atoms with Crippen molar-refractivity contribution in [3.63, 3.8) is 0 Å². The first-order valence-electron chi connectivity index (χ1n) is 7.95. The van der Waals surface area contributed by atoms with E-state index in [0.717, 1.165) is 12.1 Å². The van der Waals surface area contributed by atoms with Gasteiger partial charge in [-0.15, -0.1) is 0 Å². The highest BCUT2D eigenvalue weighted by atomic mass is 32.2. The van der Waals surface area contributed by atoms with Crippen molar-refractivity contribution in [2.45, 2.75) is 4.90 Å². The highest BCUT2D eigenvalue weighted by molar-refractivity contribution is 7.92. The van der Waals surface area contributed by atoms with E-state index in [1.807, 2.05) is 0 Å². The molecule has 10 heteroatoms. The molecule has 142 valence electrons. The first kappa shape index (κ1) is 17.7. The van der Waals surface area contributed by atoms with Gasteiger partial charge in [0.1, 0.15) is 11.3 Å². The lowest BCUT2D eigenvalue weighted by atomic mass is 10.1. The van der Waals surface area contributed by atoms with Gasteiger partial charge in [0.05, 0.1) is 10.5 Å². The summed E-state index contributed by atoms with van der Waals surface area (Å²) < 4.78 is 40.7. The van der Waals surface area contributed by atoms with E-state index in [2.05, 4.69) is 14.7 Å². The minimum absolute atomic E-state index is 0.0648. The lowest BCUT2D eigenvalue weighted by Gasteiger charge is -2.10. The number of aromatic amines is 2. The second-order valence-corrected chi connectivity index (χ2v) is 7.72. The molecule has 0 spiro atoms. The quantitative estimate of drug-likeness (QED) is 0.417. The molecule has 0 aliphatic carbocycles. The Hall–Kier alpha value is -3.66. The van der Waals surface area contributed by atoms with Crippen molar-refractivity contribution in [1.82, 2.24) is 9.97 Å². The third-order valence-electron chi connectivity index (χ3n) is 4.23. The molecule has 2 aromatic heterocycles. The fourth-order valence-electron chi connectivity index (χ4n) is 3.01. The van der Waals surface area contributed by atoms with Crippen LogP contribution in [0.5, 0.6) is 0 Å². The van der Waals surface area contributed by atoms with Gasteiger partial charge in [-0.25, -0.2) is 17.6 Å². The van der Waals surface area contributed by atoms with E-state index in [4.69, 9.17) is 0 Å². The molecule has 2 aromatic carbocycles. The summed E-state index contributed by atoms with van der Waals surface area (Å²) >= 11 is 0. The fourth-order valence-corrected chi connectivity index (χ4v) is 4.09. The molecule has 4 rings (SSSR count). The number of carbonyl (C=O) groups is 1. The Labute approximate surface area is 156 Å². The molecule has 0 saturated carbocycles. The predicted octanol–water partition coefficient (Wildman–Crippen LogP) is 2.65. The zero-order chi connectivity index (χ0) is 20.1. The molecule has 0 fully saturated rings. The first-order valence-corrected chi connectivity index (χ1v) is 9.43. The Kier molecular flexibility index (Phi) is 3.93. The maximum Gasteiger partial charge on any atom is 0.337 e. The molecule has 0 amide bonds. The van der Waals surface area contributed by atoms with Crippen LogP contribution >= 0.6 is 0 Å². The zero-order valence-electron chi connectivity index (χ0n) is 14.0. The highest BCUT2D eigenvalue weighted by Crippen LogP contribution is 2.28. The van der Waals surface area contributed by atoms with Crippen LogP contribution in [-0.2, 0) is 10.0 Å².